The van der Waals surface area contributed by atoms with E-state index in [0.717, 1.165) is 5.56 Å². The molecule has 4 heteroatoms. The van der Waals surface area contributed by atoms with Crippen LogP contribution in [0.25, 0.3) is 0 Å². The Balaban J connectivity index is 2.73. The lowest BCUT2D eigenvalue weighted by molar-refractivity contribution is 0.0692. The van der Waals surface area contributed by atoms with Crippen molar-refractivity contribution in [1.29, 1.82) is 0 Å². The molecule has 0 heterocycles. The van der Waals surface area contributed by atoms with E-state index in [1.165, 1.54) is 12.1 Å². The van der Waals surface area contributed by atoms with Crippen molar-refractivity contribution < 1.29 is 14.3 Å². The zero-order valence-corrected chi connectivity index (χ0v) is 11.1. The minimum atomic E-state index is -1.22. The van der Waals surface area contributed by atoms with Crippen molar-refractivity contribution in [3.8, 4) is 0 Å². The Hall–Kier alpha value is -1.03. The number of hydrogen-bond acceptors (Lipinski definition) is 2. The summed E-state index contributed by atoms with van der Waals surface area (Å²) in [7, 11) is 0. The normalized spacial score (nSPS) is 12.8. The summed E-state index contributed by atoms with van der Waals surface area (Å²) in [6.45, 7) is 6.42. The van der Waals surface area contributed by atoms with Crippen molar-refractivity contribution in [2.45, 2.75) is 31.8 Å². The van der Waals surface area contributed by atoms with E-state index in [1.807, 2.05) is 0 Å². The molecule has 0 saturated heterocycles. The highest BCUT2D eigenvalue weighted by Crippen LogP contribution is 2.24. The topological polar surface area (TPSA) is 37.3 Å². The standard InChI is InChI=1S/C13H17FO2S/c1-8(2)9(3)17-7-10-4-5-12(14)11(6-10)13(15)16/h4-6,8-9H,7H2,1-3H3,(H,15,16). The molecule has 0 spiro atoms. The van der Waals surface area contributed by atoms with Crippen LogP contribution in [-0.4, -0.2) is 16.3 Å². The van der Waals surface area contributed by atoms with Crippen molar-refractivity contribution in [3.05, 3.63) is 35.1 Å². The maximum absolute atomic E-state index is 13.2. The summed E-state index contributed by atoms with van der Waals surface area (Å²) < 4.78 is 13.2. The molecule has 1 atom stereocenters. The van der Waals surface area contributed by atoms with Crippen LogP contribution in [0.5, 0.6) is 0 Å². The van der Waals surface area contributed by atoms with Gasteiger partial charge in [-0.1, -0.05) is 26.8 Å². The first-order valence-corrected chi connectivity index (χ1v) is 6.60. The second-order valence-electron chi connectivity index (χ2n) is 4.38. The fourth-order valence-corrected chi connectivity index (χ4v) is 2.27. The van der Waals surface area contributed by atoms with Gasteiger partial charge in [-0.25, -0.2) is 9.18 Å². The number of carboxylic acid groups (broad SMARTS) is 1. The molecule has 1 rings (SSSR count). The predicted molar refractivity (Wildman–Crippen MR) is 69.0 cm³/mol. The lowest BCUT2D eigenvalue weighted by Crippen LogP contribution is -2.06. The molecule has 0 amide bonds. The second-order valence-corrected chi connectivity index (χ2v) is 5.75. The van der Waals surface area contributed by atoms with Gasteiger partial charge < -0.3 is 5.11 Å². The number of hydrogen-bond donors (Lipinski definition) is 1. The quantitative estimate of drug-likeness (QED) is 0.870. The van der Waals surface area contributed by atoms with Crippen molar-refractivity contribution in [2.24, 2.45) is 5.92 Å². The van der Waals surface area contributed by atoms with Gasteiger partial charge in [-0.05, 0) is 23.6 Å². The lowest BCUT2D eigenvalue weighted by Gasteiger charge is -2.14. The first-order valence-electron chi connectivity index (χ1n) is 5.55. The fourth-order valence-electron chi connectivity index (χ4n) is 1.25. The van der Waals surface area contributed by atoms with Crippen molar-refractivity contribution in [3.63, 3.8) is 0 Å². The molecule has 0 aliphatic carbocycles. The summed E-state index contributed by atoms with van der Waals surface area (Å²) in [5, 5.41) is 9.30. The van der Waals surface area contributed by atoms with E-state index < -0.39 is 11.8 Å². The molecule has 0 bridgehead atoms. The molecule has 0 aliphatic heterocycles. The Kier molecular flexibility index (Phi) is 5.00. The monoisotopic (exact) mass is 256 g/mol. The molecule has 17 heavy (non-hydrogen) atoms. The Labute approximate surface area is 105 Å². The smallest absolute Gasteiger partial charge is 0.338 e. The van der Waals surface area contributed by atoms with Gasteiger partial charge >= 0.3 is 5.97 Å². The van der Waals surface area contributed by atoms with Gasteiger partial charge in [0.25, 0.3) is 0 Å². The average Bonchev–Trinajstić information content (AvgIpc) is 2.26. The molecule has 0 radical (unpaired) electrons. The van der Waals surface area contributed by atoms with E-state index in [1.54, 1.807) is 17.8 Å². The van der Waals surface area contributed by atoms with Crippen molar-refractivity contribution in [1.82, 2.24) is 0 Å². The van der Waals surface area contributed by atoms with Crippen molar-refractivity contribution >= 4 is 17.7 Å². The van der Waals surface area contributed by atoms with E-state index >= 15 is 0 Å². The summed E-state index contributed by atoms with van der Waals surface area (Å²) in [5.41, 5.74) is 0.599. The average molecular weight is 256 g/mol. The van der Waals surface area contributed by atoms with E-state index in [9.17, 15) is 9.18 Å². The largest absolute Gasteiger partial charge is 0.478 e. The molecule has 2 nitrogen and oxygen atoms in total. The number of halogens is 1. The van der Waals surface area contributed by atoms with Gasteiger partial charge in [0.05, 0.1) is 5.56 Å². The summed E-state index contributed by atoms with van der Waals surface area (Å²) in [6, 6.07) is 4.28. The maximum atomic E-state index is 13.2. The summed E-state index contributed by atoms with van der Waals surface area (Å²) in [5.74, 6) is -0.617. The molecule has 1 unspecified atom stereocenters. The first kappa shape index (κ1) is 14.0. The van der Waals surface area contributed by atoms with E-state index in [2.05, 4.69) is 20.8 Å². The maximum Gasteiger partial charge on any atom is 0.338 e. The van der Waals surface area contributed by atoms with Crippen LogP contribution in [0, 0.1) is 11.7 Å². The Morgan fingerprint density at radius 1 is 1.41 bits per heavy atom. The minimum absolute atomic E-state index is 0.250. The Bertz CT molecular complexity index is 404. The van der Waals surface area contributed by atoms with Gasteiger partial charge in [0.15, 0.2) is 0 Å². The molecular weight excluding hydrogens is 239 g/mol. The highest BCUT2D eigenvalue weighted by atomic mass is 32.2. The zero-order chi connectivity index (χ0) is 13.0. The molecule has 0 saturated carbocycles. The van der Waals surface area contributed by atoms with Crippen LogP contribution in [0.1, 0.15) is 36.7 Å². The van der Waals surface area contributed by atoms with Gasteiger partial charge in [0, 0.05) is 11.0 Å². The van der Waals surface area contributed by atoms with E-state index in [4.69, 9.17) is 5.11 Å². The van der Waals surface area contributed by atoms with Crippen LogP contribution in [0.2, 0.25) is 0 Å². The van der Waals surface area contributed by atoms with Gasteiger partial charge in [0.1, 0.15) is 5.82 Å². The lowest BCUT2D eigenvalue weighted by atomic mass is 10.1. The predicted octanol–water partition coefficient (Wildman–Crippen LogP) is 3.80. The van der Waals surface area contributed by atoms with Gasteiger partial charge in [-0.2, -0.15) is 11.8 Å². The third-order valence-electron chi connectivity index (χ3n) is 2.71. The van der Waals surface area contributed by atoms with Gasteiger partial charge in [-0.15, -0.1) is 0 Å². The third-order valence-corrected chi connectivity index (χ3v) is 4.28. The molecule has 1 aromatic carbocycles. The molecule has 94 valence electrons. The number of aromatic carboxylic acids is 1. The van der Waals surface area contributed by atoms with Crippen LogP contribution in [0.4, 0.5) is 4.39 Å². The fraction of sp³-hybridized carbons (Fsp3) is 0.462. The molecule has 0 aromatic heterocycles. The van der Waals surface area contributed by atoms with E-state index in [-0.39, 0.29) is 5.56 Å². The molecule has 1 aromatic rings. The first-order chi connectivity index (χ1) is 7.91. The number of rotatable bonds is 5. The zero-order valence-electron chi connectivity index (χ0n) is 10.2. The van der Waals surface area contributed by atoms with Crippen molar-refractivity contribution in [2.75, 3.05) is 0 Å². The van der Waals surface area contributed by atoms with Crippen LogP contribution in [-0.2, 0) is 5.75 Å². The molecule has 0 fully saturated rings. The highest BCUT2D eigenvalue weighted by molar-refractivity contribution is 7.99. The van der Waals surface area contributed by atoms with Crippen LogP contribution >= 0.6 is 11.8 Å². The van der Waals surface area contributed by atoms with Crippen LogP contribution in [0.3, 0.4) is 0 Å². The molecule has 0 aliphatic rings. The third kappa shape index (κ3) is 4.04. The number of benzene rings is 1. The van der Waals surface area contributed by atoms with E-state index in [0.29, 0.717) is 16.9 Å². The Morgan fingerprint density at radius 2 is 2.06 bits per heavy atom. The Morgan fingerprint density at radius 3 is 2.59 bits per heavy atom. The summed E-state index contributed by atoms with van der Waals surface area (Å²) in [6.07, 6.45) is 0. The number of thioether (sulfide) groups is 1. The highest BCUT2D eigenvalue weighted by Gasteiger charge is 2.12. The SMILES string of the molecule is CC(C)C(C)SCc1ccc(F)c(C(=O)O)c1. The van der Waals surface area contributed by atoms with Crippen LogP contribution in [0.15, 0.2) is 18.2 Å². The minimum Gasteiger partial charge on any atom is -0.478 e. The molecule has 1 N–H and O–H groups in total. The number of carboxylic acids is 1. The number of carbonyl (C=O) groups is 1. The van der Waals surface area contributed by atoms with Crippen LogP contribution < -0.4 is 0 Å². The summed E-state index contributed by atoms with van der Waals surface area (Å²) >= 11 is 1.75. The molecular formula is C13H17FO2S. The second kappa shape index (κ2) is 6.05. The summed E-state index contributed by atoms with van der Waals surface area (Å²) in [4.78, 5) is 10.8. The van der Waals surface area contributed by atoms with Gasteiger partial charge in [0.2, 0.25) is 0 Å². The van der Waals surface area contributed by atoms with Gasteiger partial charge in [-0.3, -0.25) is 0 Å².